The van der Waals surface area contributed by atoms with E-state index < -0.39 is 0 Å². The lowest BCUT2D eigenvalue weighted by Crippen LogP contribution is -1.92. The van der Waals surface area contributed by atoms with E-state index in [-0.39, 0.29) is 0 Å². The fourth-order valence-electron chi connectivity index (χ4n) is 2.47. The Kier molecular flexibility index (Phi) is 0.288. The van der Waals surface area contributed by atoms with E-state index in [1.165, 1.54) is 6.54 Å². The summed E-state index contributed by atoms with van der Waals surface area (Å²) in [6.07, 6.45) is 3.09. The third kappa shape index (κ3) is 0.194. The Hall–Kier alpha value is -0.0400. The summed E-state index contributed by atoms with van der Waals surface area (Å²) in [5.74, 6) is 1.13. The first kappa shape index (κ1) is 3.08. The topological polar surface area (TPSA) is 3.01 Å². The lowest BCUT2D eigenvalue weighted by atomic mass is 10.2. The van der Waals surface area contributed by atoms with Crippen LogP contribution in [0.1, 0.15) is 12.8 Å². The highest BCUT2D eigenvalue weighted by molar-refractivity contribution is 5.16. The van der Waals surface area contributed by atoms with Gasteiger partial charge in [0.25, 0.3) is 0 Å². The first-order valence-corrected chi connectivity index (χ1v) is 3.21. The zero-order valence-corrected chi connectivity index (χ0v) is 4.30. The van der Waals surface area contributed by atoms with E-state index >= 15 is 0 Å². The van der Waals surface area contributed by atoms with Crippen molar-refractivity contribution in [3.63, 3.8) is 0 Å². The molecule has 0 aromatic carbocycles. The summed E-state index contributed by atoms with van der Waals surface area (Å²) in [5, 5.41) is 0. The van der Waals surface area contributed by atoms with E-state index in [0.717, 1.165) is 18.0 Å². The second-order valence-corrected chi connectivity index (χ2v) is 3.17. The molecular formula is C6H9N. The summed E-state index contributed by atoms with van der Waals surface area (Å²) < 4.78 is 0. The van der Waals surface area contributed by atoms with Crippen LogP contribution in [-0.2, 0) is 0 Å². The summed E-state index contributed by atoms with van der Waals surface area (Å²) in [6.45, 7) is 1.45. The van der Waals surface area contributed by atoms with Crippen molar-refractivity contribution in [1.29, 1.82) is 0 Å². The van der Waals surface area contributed by atoms with E-state index in [1.54, 1.807) is 12.8 Å². The maximum atomic E-state index is 2.64. The molecule has 1 saturated carbocycles. The molecule has 1 heteroatoms. The normalized spacial score (nSPS) is 72.0. The van der Waals surface area contributed by atoms with Gasteiger partial charge in [-0.15, -0.1) is 0 Å². The van der Waals surface area contributed by atoms with Crippen LogP contribution in [0, 0.1) is 5.92 Å². The first-order valence-electron chi connectivity index (χ1n) is 3.21. The summed E-state index contributed by atoms with van der Waals surface area (Å²) in [6, 6.07) is 2.18. The molecule has 0 amide bonds. The van der Waals surface area contributed by atoms with Crippen molar-refractivity contribution in [1.82, 2.24) is 4.90 Å². The predicted molar refractivity (Wildman–Crippen MR) is 27.0 cm³/mol. The Labute approximate surface area is 43.3 Å². The standard InChI is InChI=1S/C6H9N/c1-4-2-6-5(1)7(6)3-4/h4-6H,1-3H2. The highest BCUT2D eigenvalue weighted by atomic mass is 15.4. The molecule has 2 atom stereocenters. The van der Waals surface area contributed by atoms with Crippen LogP contribution in [0.15, 0.2) is 0 Å². The van der Waals surface area contributed by atoms with Gasteiger partial charge in [-0.3, -0.25) is 4.90 Å². The molecule has 38 valence electrons. The van der Waals surface area contributed by atoms with Crippen molar-refractivity contribution in [3.8, 4) is 0 Å². The van der Waals surface area contributed by atoms with Gasteiger partial charge in [-0.2, -0.15) is 0 Å². The minimum absolute atomic E-state index is 1.09. The largest absolute Gasteiger partial charge is 0.294 e. The predicted octanol–water partition coefficient (Wildman–Crippen LogP) is 0.463. The molecule has 0 N–H and O–H groups in total. The van der Waals surface area contributed by atoms with Gasteiger partial charge in [0.2, 0.25) is 0 Å². The zero-order chi connectivity index (χ0) is 4.43. The Morgan fingerprint density at radius 1 is 1.14 bits per heavy atom. The number of hydrogen-bond acceptors (Lipinski definition) is 1. The molecule has 2 unspecified atom stereocenters. The number of hydrogen-bond donors (Lipinski definition) is 0. The SMILES string of the molecule is C1C2CC3C1N3C2. The summed E-state index contributed by atoms with van der Waals surface area (Å²) in [5.41, 5.74) is 0. The maximum Gasteiger partial charge on any atom is 0.0258 e. The highest BCUT2D eigenvalue weighted by Gasteiger charge is 2.60. The van der Waals surface area contributed by atoms with E-state index in [2.05, 4.69) is 4.90 Å². The average Bonchev–Trinajstić information content (AvgIpc) is 2.10. The van der Waals surface area contributed by atoms with Crippen molar-refractivity contribution in [2.24, 2.45) is 5.92 Å². The number of piperidine rings is 3. The molecule has 1 aliphatic carbocycles. The van der Waals surface area contributed by atoms with Crippen LogP contribution < -0.4 is 0 Å². The van der Waals surface area contributed by atoms with Crippen LogP contribution in [-0.4, -0.2) is 23.5 Å². The highest BCUT2D eigenvalue weighted by Crippen LogP contribution is 2.53. The van der Waals surface area contributed by atoms with Crippen molar-refractivity contribution >= 4 is 0 Å². The lowest BCUT2D eigenvalue weighted by molar-refractivity contribution is 0.586. The van der Waals surface area contributed by atoms with Crippen molar-refractivity contribution in [3.05, 3.63) is 0 Å². The Morgan fingerprint density at radius 3 is 2.00 bits per heavy atom. The molecular weight excluding hydrogens is 86.1 g/mol. The monoisotopic (exact) mass is 95.1 g/mol. The molecule has 4 fully saturated rings. The van der Waals surface area contributed by atoms with Crippen molar-refractivity contribution < 1.29 is 0 Å². The van der Waals surface area contributed by atoms with Crippen LogP contribution in [0.25, 0.3) is 0 Å². The van der Waals surface area contributed by atoms with Gasteiger partial charge in [0.15, 0.2) is 0 Å². The first-order chi connectivity index (χ1) is 3.45. The van der Waals surface area contributed by atoms with Gasteiger partial charge in [-0.05, 0) is 18.8 Å². The van der Waals surface area contributed by atoms with Crippen LogP contribution in [0.3, 0.4) is 0 Å². The zero-order valence-electron chi connectivity index (χ0n) is 4.30. The Morgan fingerprint density at radius 2 is 1.86 bits per heavy atom. The molecule has 0 spiro atoms. The van der Waals surface area contributed by atoms with Crippen LogP contribution in [0.4, 0.5) is 0 Å². The molecule has 0 radical (unpaired) electrons. The van der Waals surface area contributed by atoms with Crippen LogP contribution in [0.2, 0.25) is 0 Å². The number of nitrogens with zero attached hydrogens (tertiary/aromatic N) is 1. The van der Waals surface area contributed by atoms with Gasteiger partial charge in [-0.25, -0.2) is 0 Å². The van der Waals surface area contributed by atoms with Gasteiger partial charge in [0.1, 0.15) is 0 Å². The Bertz CT molecular complexity index is 91.6. The fraction of sp³-hybridized carbons (Fsp3) is 1.00. The van der Waals surface area contributed by atoms with Gasteiger partial charge in [-0.1, -0.05) is 0 Å². The average molecular weight is 95.1 g/mol. The molecule has 4 rings (SSSR count). The third-order valence-corrected chi connectivity index (χ3v) is 2.83. The molecule has 3 aliphatic heterocycles. The quantitative estimate of drug-likeness (QED) is 0.395. The molecule has 4 aliphatic rings. The van der Waals surface area contributed by atoms with E-state index in [4.69, 9.17) is 0 Å². The van der Waals surface area contributed by atoms with Crippen LogP contribution in [0.5, 0.6) is 0 Å². The Balaban J connectivity index is 2.17. The lowest BCUT2D eigenvalue weighted by Gasteiger charge is -1.89. The second kappa shape index (κ2) is 0.655. The van der Waals surface area contributed by atoms with Crippen molar-refractivity contribution in [2.75, 3.05) is 6.54 Å². The summed E-state index contributed by atoms with van der Waals surface area (Å²) >= 11 is 0. The fourth-order valence-corrected chi connectivity index (χ4v) is 2.47. The van der Waals surface area contributed by atoms with E-state index in [1.807, 2.05) is 0 Å². The maximum absolute atomic E-state index is 2.64. The van der Waals surface area contributed by atoms with Crippen LogP contribution >= 0.6 is 0 Å². The van der Waals surface area contributed by atoms with E-state index in [9.17, 15) is 0 Å². The smallest absolute Gasteiger partial charge is 0.0258 e. The molecule has 3 heterocycles. The minimum Gasteiger partial charge on any atom is -0.294 e. The van der Waals surface area contributed by atoms with Gasteiger partial charge < -0.3 is 0 Å². The summed E-state index contributed by atoms with van der Waals surface area (Å²) in [4.78, 5) is 2.64. The molecule has 1 nitrogen and oxygen atoms in total. The minimum atomic E-state index is 1.09. The molecule has 0 aromatic rings. The molecule has 0 aromatic heterocycles. The van der Waals surface area contributed by atoms with Gasteiger partial charge >= 0.3 is 0 Å². The van der Waals surface area contributed by atoms with E-state index in [0.29, 0.717) is 0 Å². The molecule has 4 bridgehead atoms. The molecule has 7 heavy (non-hydrogen) atoms. The second-order valence-electron chi connectivity index (χ2n) is 3.17. The van der Waals surface area contributed by atoms with Gasteiger partial charge in [0, 0.05) is 18.6 Å². The number of rotatable bonds is 0. The third-order valence-electron chi connectivity index (χ3n) is 2.83. The van der Waals surface area contributed by atoms with Gasteiger partial charge in [0.05, 0.1) is 0 Å². The summed E-state index contributed by atoms with van der Waals surface area (Å²) in [7, 11) is 0. The van der Waals surface area contributed by atoms with Crippen molar-refractivity contribution in [2.45, 2.75) is 24.9 Å². The molecule has 3 saturated heterocycles.